The topological polar surface area (TPSA) is 55.4 Å². The van der Waals surface area contributed by atoms with Gasteiger partial charge in [0.15, 0.2) is 0 Å². The van der Waals surface area contributed by atoms with Crippen LogP contribution in [0.1, 0.15) is 31.4 Å². The summed E-state index contributed by atoms with van der Waals surface area (Å²) in [6.45, 7) is 1.68. The highest BCUT2D eigenvalue weighted by Crippen LogP contribution is 2.30. The first-order chi connectivity index (χ1) is 9.43. The smallest absolute Gasteiger partial charge is 0.150 e. The summed E-state index contributed by atoms with van der Waals surface area (Å²) in [4.78, 5) is 0. The standard InChI is InChI=1S/C14H22BrNO3S/c1-4-20(17,18)9-5-6-14(16-2)12-10-11(19-3)7-8-13(12)15/h7-8,10,14,16H,4-6,9H2,1-3H3. The zero-order valence-corrected chi connectivity index (χ0v) is 14.6. The Morgan fingerprint density at radius 1 is 1.40 bits per heavy atom. The number of rotatable bonds is 8. The van der Waals surface area contributed by atoms with Crippen LogP contribution in [0.5, 0.6) is 5.75 Å². The third-order valence-corrected chi connectivity index (χ3v) is 5.83. The molecule has 1 aromatic carbocycles. The summed E-state index contributed by atoms with van der Waals surface area (Å²) >= 11 is 3.53. The van der Waals surface area contributed by atoms with Gasteiger partial charge in [0.25, 0.3) is 0 Å². The van der Waals surface area contributed by atoms with Crippen molar-refractivity contribution in [1.82, 2.24) is 5.32 Å². The van der Waals surface area contributed by atoms with Crippen LogP contribution in [0.15, 0.2) is 22.7 Å². The van der Waals surface area contributed by atoms with Gasteiger partial charge < -0.3 is 10.1 Å². The maximum Gasteiger partial charge on any atom is 0.150 e. The van der Waals surface area contributed by atoms with Gasteiger partial charge >= 0.3 is 0 Å². The van der Waals surface area contributed by atoms with Gasteiger partial charge in [-0.05, 0) is 43.7 Å². The molecule has 1 rings (SSSR count). The first-order valence-electron chi connectivity index (χ1n) is 6.64. The van der Waals surface area contributed by atoms with Crippen LogP contribution in [0.3, 0.4) is 0 Å². The van der Waals surface area contributed by atoms with Crippen molar-refractivity contribution in [1.29, 1.82) is 0 Å². The fourth-order valence-electron chi connectivity index (χ4n) is 2.02. The second kappa shape index (κ2) is 8.00. The SMILES string of the molecule is CCS(=O)(=O)CCCC(NC)c1cc(OC)ccc1Br. The van der Waals surface area contributed by atoms with Gasteiger partial charge in [-0.2, -0.15) is 0 Å². The Balaban J connectivity index is 2.76. The molecule has 0 aliphatic heterocycles. The summed E-state index contributed by atoms with van der Waals surface area (Å²) < 4.78 is 29.3. The third kappa shape index (κ3) is 5.07. The van der Waals surface area contributed by atoms with Crippen LogP contribution < -0.4 is 10.1 Å². The van der Waals surface area contributed by atoms with Crippen molar-refractivity contribution < 1.29 is 13.2 Å². The second-order valence-corrected chi connectivity index (χ2v) is 7.93. The van der Waals surface area contributed by atoms with Gasteiger partial charge in [-0.1, -0.05) is 22.9 Å². The summed E-state index contributed by atoms with van der Waals surface area (Å²) in [5.41, 5.74) is 1.08. The van der Waals surface area contributed by atoms with Crippen molar-refractivity contribution in [3.8, 4) is 5.75 Å². The predicted octanol–water partition coefficient (Wildman–Crippen LogP) is 2.93. The third-order valence-electron chi connectivity index (χ3n) is 3.32. The van der Waals surface area contributed by atoms with Gasteiger partial charge in [-0.25, -0.2) is 8.42 Å². The van der Waals surface area contributed by atoms with Crippen LogP contribution in [0.2, 0.25) is 0 Å². The molecule has 20 heavy (non-hydrogen) atoms. The Morgan fingerprint density at radius 3 is 2.65 bits per heavy atom. The maximum absolute atomic E-state index is 11.5. The minimum Gasteiger partial charge on any atom is -0.497 e. The summed E-state index contributed by atoms with van der Waals surface area (Å²) in [6.07, 6.45) is 1.41. The number of hydrogen-bond acceptors (Lipinski definition) is 4. The highest BCUT2D eigenvalue weighted by Gasteiger charge is 2.15. The summed E-state index contributed by atoms with van der Waals surface area (Å²) in [7, 11) is 0.621. The van der Waals surface area contributed by atoms with Crippen LogP contribution in [0, 0.1) is 0 Å². The fraction of sp³-hybridized carbons (Fsp3) is 0.571. The molecule has 0 spiro atoms. The van der Waals surface area contributed by atoms with Crippen molar-refractivity contribution >= 4 is 25.8 Å². The lowest BCUT2D eigenvalue weighted by molar-refractivity contribution is 0.412. The van der Waals surface area contributed by atoms with Crippen molar-refractivity contribution in [2.45, 2.75) is 25.8 Å². The fourth-order valence-corrected chi connectivity index (χ4v) is 3.44. The van der Waals surface area contributed by atoms with Crippen LogP contribution in [-0.2, 0) is 9.84 Å². The largest absolute Gasteiger partial charge is 0.497 e. The van der Waals surface area contributed by atoms with Gasteiger partial charge in [0.05, 0.1) is 12.9 Å². The normalized spacial score (nSPS) is 13.2. The molecule has 1 atom stereocenters. The number of halogens is 1. The van der Waals surface area contributed by atoms with E-state index >= 15 is 0 Å². The number of nitrogens with one attached hydrogen (secondary N) is 1. The quantitative estimate of drug-likeness (QED) is 0.771. The minimum atomic E-state index is -2.89. The van der Waals surface area contributed by atoms with E-state index in [-0.39, 0.29) is 17.5 Å². The van der Waals surface area contributed by atoms with E-state index < -0.39 is 9.84 Å². The summed E-state index contributed by atoms with van der Waals surface area (Å²) in [6, 6.07) is 5.91. The number of ether oxygens (including phenoxy) is 1. The molecule has 1 N–H and O–H groups in total. The monoisotopic (exact) mass is 363 g/mol. The molecule has 114 valence electrons. The molecule has 0 heterocycles. The van der Waals surface area contributed by atoms with E-state index in [9.17, 15) is 8.42 Å². The van der Waals surface area contributed by atoms with E-state index in [4.69, 9.17) is 4.74 Å². The van der Waals surface area contributed by atoms with Gasteiger partial charge in [0, 0.05) is 16.3 Å². The van der Waals surface area contributed by atoms with E-state index in [2.05, 4.69) is 21.2 Å². The van der Waals surface area contributed by atoms with Gasteiger partial charge in [0.2, 0.25) is 0 Å². The number of benzene rings is 1. The lowest BCUT2D eigenvalue weighted by atomic mass is 10.0. The molecule has 0 aliphatic carbocycles. The lowest BCUT2D eigenvalue weighted by Gasteiger charge is -2.19. The van der Waals surface area contributed by atoms with Gasteiger partial charge in [-0.3, -0.25) is 0 Å². The molecule has 1 unspecified atom stereocenters. The molecule has 0 saturated heterocycles. The zero-order chi connectivity index (χ0) is 15.2. The van der Waals surface area contributed by atoms with Crippen molar-refractivity contribution in [2.24, 2.45) is 0 Å². The van der Waals surface area contributed by atoms with Gasteiger partial charge in [0.1, 0.15) is 15.6 Å². The molecule has 0 aromatic heterocycles. The Labute approximate surface area is 130 Å². The molecular weight excluding hydrogens is 342 g/mol. The van der Waals surface area contributed by atoms with Gasteiger partial charge in [-0.15, -0.1) is 0 Å². The highest BCUT2D eigenvalue weighted by atomic mass is 79.9. The lowest BCUT2D eigenvalue weighted by Crippen LogP contribution is -2.18. The van der Waals surface area contributed by atoms with Crippen molar-refractivity contribution in [3.63, 3.8) is 0 Å². The molecule has 4 nitrogen and oxygen atoms in total. The summed E-state index contributed by atoms with van der Waals surface area (Å²) in [5.74, 6) is 1.24. The first-order valence-corrected chi connectivity index (χ1v) is 9.26. The second-order valence-electron chi connectivity index (χ2n) is 4.61. The van der Waals surface area contributed by atoms with Crippen LogP contribution in [-0.4, -0.2) is 34.1 Å². The van der Waals surface area contributed by atoms with Crippen LogP contribution in [0.4, 0.5) is 0 Å². The molecule has 0 bridgehead atoms. The van der Waals surface area contributed by atoms with E-state index in [0.717, 1.165) is 22.2 Å². The summed E-state index contributed by atoms with van der Waals surface area (Å²) in [5, 5.41) is 3.23. The molecule has 1 aromatic rings. The molecule has 0 saturated carbocycles. The highest BCUT2D eigenvalue weighted by molar-refractivity contribution is 9.10. The predicted molar refractivity (Wildman–Crippen MR) is 86.1 cm³/mol. The van der Waals surface area contributed by atoms with Crippen LogP contribution >= 0.6 is 15.9 Å². The van der Waals surface area contributed by atoms with Crippen molar-refractivity contribution in [3.05, 3.63) is 28.2 Å². The average Bonchev–Trinajstić information content (AvgIpc) is 2.44. The number of hydrogen-bond donors (Lipinski definition) is 1. The van der Waals surface area contributed by atoms with E-state index in [0.29, 0.717) is 6.42 Å². The molecule has 0 aliphatic rings. The van der Waals surface area contributed by atoms with E-state index in [1.54, 1.807) is 14.0 Å². The van der Waals surface area contributed by atoms with Crippen LogP contribution in [0.25, 0.3) is 0 Å². The zero-order valence-electron chi connectivity index (χ0n) is 12.1. The average molecular weight is 364 g/mol. The Morgan fingerprint density at radius 2 is 2.10 bits per heavy atom. The van der Waals surface area contributed by atoms with Crippen molar-refractivity contribution in [2.75, 3.05) is 25.7 Å². The molecule has 6 heteroatoms. The maximum atomic E-state index is 11.5. The number of methoxy groups -OCH3 is 1. The molecule has 0 radical (unpaired) electrons. The van der Waals surface area contributed by atoms with E-state index in [1.165, 1.54) is 0 Å². The van der Waals surface area contributed by atoms with E-state index in [1.807, 2.05) is 25.2 Å². The first kappa shape index (κ1) is 17.5. The Kier molecular flexibility index (Phi) is 6.99. The Bertz CT molecular complexity index is 531. The molecule has 0 fully saturated rings. The molecular formula is C14H22BrNO3S. The Hall–Kier alpha value is -0.590. The number of sulfone groups is 1. The minimum absolute atomic E-state index is 0.103. The molecule has 0 amide bonds.